The average Bonchev–Trinajstić information content (AvgIpc) is 3.22. The van der Waals surface area contributed by atoms with E-state index in [1.807, 2.05) is 7.05 Å². The van der Waals surface area contributed by atoms with Gasteiger partial charge in [0.05, 0.1) is 5.60 Å². The summed E-state index contributed by atoms with van der Waals surface area (Å²) < 4.78 is 7.87. The monoisotopic (exact) mass is 354 g/mol. The summed E-state index contributed by atoms with van der Waals surface area (Å²) in [6, 6.07) is 10.6. The van der Waals surface area contributed by atoms with Crippen molar-refractivity contribution in [2.45, 2.75) is 25.0 Å². The number of carbonyl (C=O) groups is 1. The van der Waals surface area contributed by atoms with E-state index in [2.05, 4.69) is 45.5 Å². The second-order valence-corrected chi connectivity index (χ2v) is 7.44. The van der Waals surface area contributed by atoms with Gasteiger partial charge in [0.25, 0.3) is 5.91 Å². The molecule has 1 atom stereocenters. The van der Waals surface area contributed by atoms with Crippen LogP contribution in [0, 0.1) is 5.92 Å². The smallest absolute Gasteiger partial charge is 0.287 e. The fourth-order valence-electron chi connectivity index (χ4n) is 4.23. The number of likely N-dealkylation sites (tertiary alicyclic amines) is 1. The van der Waals surface area contributed by atoms with Crippen LogP contribution in [-0.4, -0.2) is 52.2 Å². The Morgan fingerprint density at radius 3 is 2.88 bits per heavy atom. The molecule has 1 aromatic carbocycles. The lowest BCUT2D eigenvalue weighted by atomic mass is 9.78. The summed E-state index contributed by atoms with van der Waals surface area (Å²) in [7, 11) is 1.83. The number of nitrogens with one attached hydrogen (secondary N) is 1. The van der Waals surface area contributed by atoms with Crippen LogP contribution in [0.2, 0.25) is 0 Å². The van der Waals surface area contributed by atoms with Crippen molar-refractivity contribution in [2.75, 3.05) is 26.2 Å². The van der Waals surface area contributed by atoms with Gasteiger partial charge in [-0.05, 0) is 24.3 Å². The van der Waals surface area contributed by atoms with E-state index in [-0.39, 0.29) is 11.5 Å². The summed E-state index contributed by atoms with van der Waals surface area (Å²) in [4.78, 5) is 18.7. The highest BCUT2D eigenvalue weighted by atomic mass is 16.5. The molecule has 1 amide bonds. The maximum Gasteiger partial charge on any atom is 0.287 e. The van der Waals surface area contributed by atoms with Crippen molar-refractivity contribution in [1.29, 1.82) is 0 Å². The average molecular weight is 354 g/mol. The maximum atomic E-state index is 12.2. The molecule has 1 spiro atoms. The van der Waals surface area contributed by atoms with Gasteiger partial charge in [0.1, 0.15) is 0 Å². The predicted octanol–water partition coefficient (Wildman–Crippen LogP) is 1.83. The molecule has 2 saturated heterocycles. The Hall–Kier alpha value is -2.18. The molecule has 2 aliphatic rings. The SMILES string of the molecule is Cn1ccnc1C(=O)NCC[C@@H]1CCOC12CN(Cc1ccccc1)C2. The molecule has 0 saturated carbocycles. The Bertz CT molecular complexity index is 752. The zero-order chi connectivity index (χ0) is 18.0. The molecule has 4 rings (SSSR count). The lowest BCUT2D eigenvalue weighted by molar-refractivity contribution is -0.136. The van der Waals surface area contributed by atoms with E-state index in [1.54, 1.807) is 17.0 Å². The normalized spacial score (nSPS) is 21.7. The zero-order valence-corrected chi connectivity index (χ0v) is 15.2. The van der Waals surface area contributed by atoms with Gasteiger partial charge in [-0.3, -0.25) is 9.69 Å². The molecule has 138 valence electrons. The number of benzene rings is 1. The first-order valence-electron chi connectivity index (χ1n) is 9.32. The molecule has 1 N–H and O–H groups in total. The highest BCUT2D eigenvalue weighted by Gasteiger charge is 2.52. The van der Waals surface area contributed by atoms with Gasteiger partial charge in [0.15, 0.2) is 5.82 Å². The summed E-state index contributed by atoms with van der Waals surface area (Å²) in [5.74, 6) is 0.862. The van der Waals surface area contributed by atoms with Gasteiger partial charge in [0, 0.05) is 52.2 Å². The molecule has 2 fully saturated rings. The Balaban J connectivity index is 1.26. The van der Waals surface area contributed by atoms with Crippen LogP contribution < -0.4 is 5.32 Å². The van der Waals surface area contributed by atoms with Gasteiger partial charge in [-0.25, -0.2) is 4.98 Å². The van der Waals surface area contributed by atoms with Crippen molar-refractivity contribution >= 4 is 5.91 Å². The van der Waals surface area contributed by atoms with Crippen LogP contribution in [-0.2, 0) is 18.3 Å². The lowest BCUT2D eigenvalue weighted by Gasteiger charge is -2.50. The number of nitrogens with zero attached hydrogens (tertiary/aromatic N) is 3. The van der Waals surface area contributed by atoms with E-state index < -0.39 is 0 Å². The quantitative estimate of drug-likeness (QED) is 0.860. The van der Waals surface area contributed by atoms with Gasteiger partial charge >= 0.3 is 0 Å². The first-order valence-corrected chi connectivity index (χ1v) is 9.32. The molecule has 6 heteroatoms. The molecule has 0 radical (unpaired) electrons. The van der Waals surface area contributed by atoms with Crippen molar-refractivity contribution in [1.82, 2.24) is 19.8 Å². The molecule has 6 nitrogen and oxygen atoms in total. The van der Waals surface area contributed by atoms with Gasteiger partial charge in [-0.15, -0.1) is 0 Å². The van der Waals surface area contributed by atoms with Crippen LogP contribution in [0.25, 0.3) is 0 Å². The van der Waals surface area contributed by atoms with E-state index in [0.717, 1.165) is 39.1 Å². The zero-order valence-electron chi connectivity index (χ0n) is 15.2. The molecule has 0 bridgehead atoms. The van der Waals surface area contributed by atoms with Crippen LogP contribution in [0.4, 0.5) is 0 Å². The van der Waals surface area contributed by atoms with Crippen molar-refractivity contribution in [3.63, 3.8) is 0 Å². The topological polar surface area (TPSA) is 59.4 Å². The third-order valence-corrected chi connectivity index (χ3v) is 5.63. The van der Waals surface area contributed by atoms with Crippen LogP contribution in [0.3, 0.4) is 0 Å². The number of amides is 1. The summed E-state index contributed by atoms with van der Waals surface area (Å²) in [6.07, 6.45) is 5.46. The highest BCUT2D eigenvalue weighted by molar-refractivity contribution is 5.90. The summed E-state index contributed by atoms with van der Waals surface area (Å²) in [5.41, 5.74) is 1.34. The second-order valence-electron chi connectivity index (χ2n) is 7.44. The first-order chi connectivity index (χ1) is 12.7. The number of rotatable bonds is 6. The van der Waals surface area contributed by atoms with Gasteiger partial charge < -0.3 is 14.6 Å². The minimum Gasteiger partial charge on any atom is -0.372 e. The summed E-state index contributed by atoms with van der Waals surface area (Å²) in [5, 5.41) is 3.00. The maximum absolute atomic E-state index is 12.2. The molecule has 3 heterocycles. The fraction of sp³-hybridized carbons (Fsp3) is 0.500. The number of carbonyl (C=O) groups excluding carboxylic acids is 1. The summed E-state index contributed by atoms with van der Waals surface area (Å²) in [6.45, 7) is 4.45. The molecule has 0 unspecified atom stereocenters. The van der Waals surface area contributed by atoms with E-state index in [4.69, 9.17) is 4.74 Å². The van der Waals surface area contributed by atoms with Crippen LogP contribution in [0.15, 0.2) is 42.7 Å². The van der Waals surface area contributed by atoms with Gasteiger partial charge in [-0.2, -0.15) is 0 Å². The molecule has 2 aromatic rings. The summed E-state index contributed by atoms with van der Waals surface area (Å²) >= 11 is 0. The Labute approximate surface area is 154 Å². The molecule has 2 aliphatic heterocycles. The predicted molar refractivity (Wildman–Crippen MR) is 98.7 cm³/mol. The van der Waals surface area contributed by atoms with E-state index in [0.29, 0.717) is 18.3 Å². The van der Waals surface area contributed by atoms with Gasteiger partial charge in [0.2, 0.25) is 0 Å². The lowest BCUT2D eigenvalue weighted by Crippen LogP contribution is -2.64. The minimum absolute atomic E-state index is 0.0112. The van der Waals surface area contributed by atoms with E-state index in [1.165, 1.54) is 5.56 Å². The molecular weight excluding hydrogens is 328 g/mol. The van der Waals surface area contributed by atoms with Gasteiger partial charge in [-0.1, -0.05) is 30.3 Å². The number of imidazole rings is 1. The van der Waals surface area contributed by atoms with E-state index >= 15 is 0 Å². The number of aryl methyl sites for hydroxylation is 1. The Morgan fingerprint density at radius 2 is 2.15 bits per heavy atom. The largest absolute Gasteiger partial charge is 0.372 e. The van der Waals surface area contributed by atoms with Crippen LogP contribution in [0.5, 0.6) is 0 Å². The third kappa shape index (κ3) is 3.39. The van der Waals surface area contributed by atoms with Crippen molar-refractivity contribution < 1.29 is 9.53 Å². The van der Waals surface area contributed by atoms with Crippen LogP contribution in [0.1, 0.15) is 29.0 Å². The van der Waals surface area contributed by atoms with Crippen LogP contribution >= 0.6 is 0 Å². The molecular formula is C20H26N4O2. The fourth-order valence-corrected chi connectivity index (χ4v) is 4.23. The molecule has 1 aromatic heterocycles. The Kier molecular flexibility index (Phi) is 4.78. The molecule has 26 heavy (non-hydrogen) atoms. The number of aromatic nitrogens is 2. The third-order valence-electron chi connectivity index (χ3n) is 5.63. The van der Waals surface area contributed by atoms with Crippen molar-refractivity contribution in [3.05, 3.63) is 54.1 Å². The van der Waals surface area contributed by atoms with Crippen molar-refractivity contribution in [2.24, 2.45) is 13.0 Å². The minimum atomic E-state index is -0.107. The van der Waals surface area contributed by atoms with Crippen molar-refractivity contribution in [3.8, 4) is 0 Å². The molecule has 0 aliphatic carbocycles. The number of hydrogen-bond donors (Lipinski definition) is 1. The highest BCUT2D eigenvalue weighted by Crippen LogP contribution is 2.42. The Morgan fingerprint density at radius 1 is 1.35 bits per heavy atom. The standard InChI is InChI=1S/C20H26N4O2/c1-23-11-10-21-18(23)19(25)22-9-7-17-8-12-26-20(17)14-24(15-20)13-16-5-3-2-4-6-16/h2-6,10-11,17H,7-9,12-15H2,1H3,(H,22,25)/t17-/m1/s1. The second kappa shape index (κ2) is 7.21. The number of hydrogen-bond acceptors (Lipinski definition) is 4. The van der Waals surface area contributed by atoms with E-state index in [9.17, 15) is 4.79 Å². The number of ether oxygens (including phenoxy) is 1. The first kappa shape index (κ1) is 17.2.